The average Bonchev–Trinajstić information content (AvgIpc) is 2.78. The van der Waals surface area contributed by atoms with Crippen molar-refractivity contribution in [1.82, 2.24) is 0 Å². The van der Waals surface area contributed by atoms with Gasteiger partial charge in [-0.05, 0) is 73.4 Å². The van der Waals surface area contributed by atoms with E-state index in [1.807, 2.05) is 12.1 Å². The van der Waals surface area contributed by atoms with Crippen molar-refractivity contribution in [3.05, 3.63) is 65.2 Å². The van der Waals surface area contributed by atoms with E-state index < -0.39 is 24.2 Å². The highest BCUT2D eigenvalue weighted by Gasteiger charge is 2.59. The fourth-order valence-corrected chi connectivity index (χ4v) is 4.01. The van der Waals surface area contributed by atoms with Crippen LogP contribution < -0.4 is 4.74 Å². The Balaban J connectivity index is 1.53. The maximum absolute atomic E-state index is 13.4. The largest absolute Gasteiger partial charge is 0.439 e. The highest BCUT2D eigenvalue weighted by molar-refractivity contribution is 5.37. The molecule has 0 aromatic heterocycles. The van der Waals surface area contributed by atoms with E-state index in [4.69, 9.17) is 0 Å². The Bertz CT molecular complexity index is 946. The van der Waals surface area contributed by atoms with Crippen LogP contribution in [0.4, 0.5) is 26.3 Å². The maximum atomic E-state index is 13.4. The lowest BCUT2D eigenvalue weighted by molar-refractivity contribution is -0.304. The van der Waals surface area contributed by atoms with Crippen molar-refractivity contribution in [2.75, 3.05) is 0 Å². The summed E-state index contributed by atoms with van der Waals surface area (Å²) in [6.07, 6.45) is -9.40. The third-order valence-corrected chi connectivity index (χ3v) is 5.83. The molecule has 2 aromatic rings. The highest BCUT2D eigenvalue weighted by atomic mass is 19.4. The number of hydrogen-bond donors (Lipinski definition) is 0. The minimum atomic E-state index is -5.70. The smallest absolute Gasteiger partial charge is 0.430 e. The normalized spacial score (nSPS) is 20.0. The van der Waals surface area contributed by atoms with Crippen LogP contribution in [-0.4, -0.2) is 18.5 Å². The molecule has 0 heterocycles. The van der Waals surface area contributed by atoms with Crippen LogP contribution in [0.1, 0.15) is 61.6 Å². The fraction of sp³-hybridized carbons (Fsp3) is 0.462. The molecule has 7 heteroatoms. The van der Waals surface area contributed by atoms with E-state index in [0.29, 0.717) is 0 Å². The first-order valence-corrected chi connectivity index (χ1v) is 11.1. The zero-order valence-electron chi connectivity index (χ0n) is 18.3. The lowest BCUT2D eigenvalue weighted by Gasteiger charge is -2.26. The summed E-state index contributed by atoms with van der Waals surface area (Å²) in [5.41, 5.74) is 3.18. The predicted molar refractivity (Wildman–Crippen MR) is 115 cm³/mol. The van der Waals surface area contributed by atoms with Crippen LogP contribution in [0.5, 0.6) is 5.75 Å². The van der Waals surface area contributed by atoms with Gasteiger partial charge < -0.3 is 4.74 Å². The summed E-state index contributed by atoms with van der Waals surface area (Å²) in [4.78, 5) is 0. The van der Waals surface area contributed by atoms with Crippen LogP contribution in [0.25, 0.3) is 0 Å². The van der Waals surface area contributed by atoms with E-state index >= 15 is 0 Å². The first kappa shape index (κ1) is 25.0. The Labute approximate surface area is 190 Å². The molecule has 1 fully saturated rings. The van der Waals surface area contributed by atoms with E-state index in [-0.39, 0.29) is 11.8 Å². The van der Waals surface area contributed by atoms with Crippen LogP contribution in [0.3, 0.4) is 0 Å². The molecule has 0 spiro atoms. The van der Waals surface area contributed by atoms with Crippen molar-refractivity contribution in [2.24, 2.45) is 5.92 Å². The van der Waals surface area contributed by atoms with E-state index in [1.165, 1.54) is 5.56 Å². The Morgan fingerprint density at radius 3 is 2.06 bits per heavy atom. The quantitative estimate of drug-likeness (QED) is 0.310. The standard InChI is InChI=1S/C26H26F6O/c1-2-3-18-4-6-19(7-5-18)8-9-20-10-12-21(13-11-20)22-14-16-23(17-15-22)33-26(31,32)24(27)25(28,29)30/h4-7,14-17,20-21,24H,2-3,10-13H2,1H3. The summed E-state index contributed by atoms with van der Waals surface area (Å²) in [6, 6.07) is 13.7. The number of ether oxygens (including phenoxy) is 1. The number of rotatable bonds is 6. The summed E-state index contributed by atoms with van der Waals surface area (Å²) in [7, 11) is 0. The summed E-state index contributed by atoms with van der Waals surface area (Å²) >= 11 is 0. The fourth-order valence-electron chi connectivity index (χ4n) is 4.01. The van der Waals surface area contributed by atoms with Gasteiger partial charge in [-0.15, -0.1) is 0 Å². The highest BCUT2D eigenvalue weighted by Crippen LogP contribution is 2.38. The van der Waals surface area contributed by atoms with Gasteiger partial charge in [-0.3, -0.25) is 0 Å². The van der Waals surface area contributed by atoms with Crippen LogP contribution in [-0.2, 0) is 6.42 Å². The van der Waals surface area contributed by atoms with Gasteiger partial charge in [0.25, 0.3) is 6.17 Å². The van der Waals surface area contributed by atoms with Crippen LogP contribution in [0, 0.1) is 17.8 Å². The molecule has 0 radical (unpaired) electrons. The molecule has 33 heavy (non-hydrogen) atoms. The Hall–Kier alpha value is -2.62. The molecule has 0 saturated heterocycles. The molecule has 178 valence electrons. The van der Waals surface area contributed by atoms with Gasteiger partial charge in [0.05, 0.1) is 0 Å². The molecule has 0 bridgehead atoms. The lowest BCUT2D eigenvalue weighted by atomic mass is 9.79. The minimum absolute atomic E-state index is 0.204. The zero-order valence-corrected chi connectivity index (χ0v) is 18.3. The summed E-state index contributed by atoms with van der Waals surface area (Å²) in [6.45, 7) is 2.14. The molecular formula is C26H26F6O. The lowest BCUT2D eigenvalue weighted by Crippen LogP contribution is -2.45. The molecule has 3 rings (SSSR count). The second-order valence-electron chi connectivity index (χ2n) is 8.40. The van der Waals surface area contributed by atoms with Gasteiger partial charge in [-0.1, -0.05) is 49.5 Å². The van der Waals surface area contributed by atoms with Gasteiger partial charge in [-0.25, -0.2) is 4.39 Å². The van der Waals surface area contributed by atoms with Gasteiger partial charge in [-0.2, -0.15) is 22.0 Å². The first-order valence-electron chi connectivity index (χ1n) is 11.1. The van der Waals surface area contributed by atoms with Crippen LogP contribution in [0.2, 0.25) is 0 Å². The van der Waals surface area contributed by atoms with Gasteiger partial charge in [0.2, 0.25) is 0 Å². The molecule has 1 aliphatic rings. The molecule has 2 aromatic carbocycles. The Morgan fingerprint density at radius 2 is 1.52 bits per heavy atom. The minimum Gasteiger partial charge on any atom is -0.430 e. The number of halogens is 6. The number of benzene rings is 2. The van der Waals surface area contributed by atoms with Gasteiger partial charge in [0.15, 0.2) is 0 Å². The summed E-state index contributed by atoms with van der Waals surface area (Å²) < 4.78 is 80.5. The van der Waals surface area contributed by atoms with Gasteiger partial charge in [0, 0.05) is 11.5 Å². The molecular weight excluding hydrogens is 442 g/mol. The first-order chi connectivity index (χ1) is 15.6. The van der Waals surface area contributed by atoms with Crippen molar-refractivity contribution in [1.29, 1.82) is 0 Å². The zero-order chi connectivity index (χ0) is 24.1. The van der Waals surface area contributed by atoms with E-state index in [1.54, 1.807) is 12.1 Å². The van der Waals surface area contributed by atoms with Crippen LogP contribution in [0.15, 0.2) is 48.5 Å². The van der Waals surface area contributed by atoms with Crippen molar-refractivity contribution in [2.45, 2.75) is 69.8 Å². The second-order valence-corrected chi connectivity index (χ2v) is 8.40. The predicted octanol–water partition coefficient (Wildman–Crippen LogP) is 7.84. The molecule has 0 amide bonds. The molecule has 1 saturated carbocycles. The van der Waals surface area contributed by atoms with Crippen LogP contribution >= 0.6 is 0 Å². The topological polar surface area (TPSA) is 9.23 Å². The van der Waals surface area contributed by atoms with E-state index in [2.05, 4.69) is 35.6 Å². The summed E-state index contributed by atoms with van der Waals surface area (Å²) in [5, 5.41) is 0. The number of hydrogen-bond acceptors (Lipinski definition) is 1. The Kier molecular flexibility index (Phi) is 7.99. The maximum Gasteiger partial charge on any atom is 0.439 e. The second kappa shape index (κ2) is 10.5. The Morgan fingerprint density at radius 1 is 0.909 bits per heavy atom. The molecule has 0 aliphatic heterocycles. The van der Waals surface area contributed by atoms with Gasteiger partial charge in [0.1, 0.15) is 5.75 Å². The molecule has 1 atom stereocenters. The van der Waals surface area contributed by atoms with E-state index in [9.17, 15) is 26.3 Å². The molecule has 0 N–H and O–H groups in total. The SMILES string of the molecule is CCCc1ccc(C#CC2CCC(c3ccc(OC(F)(F)C(F)C(F)(F)F)cc3)CC2)cc1. The molecule has 1 aliphatic carbocycles. The van der Waals surface area contributed by atoms with Crippen molar-refractivity contribution in [3.63, 3.8) is 0 Å². The summed E-state index contributed by atoms with van der Waals surface area (Å²) in [5.74, 6) is 6.55. The third kappa shape index (κ3) is 6.93. The third-order valence-electron chi connectivity index (χ3n) is 5.83. The average molecular weight is 468 g/mol. The molecule has 1 unspecified atom stereocenters. The van der Waals surface area contributed by atoms with Crippen molar-refractivity contribution in [3.8, 4) is 17.6 Å². The van der Waals surface area contributed by atoms with Gasteiger partial charge >= 0.3 is 12.3 Å². The number of aryl methyl sites for hydroxylation is 1. The van der Waals surface area contributed by atoms with Crippen molar-refractivity contribution < 1.29 is 31.1 Å². The molecule has 1 nitrogen and oxygen atoms in total. The van der Waals surface area contributed by atoms with E-state index in [0.717, 1.165) is 61.8 Å². The monoisotopic (exact) mass is 468 g/mol. The number of alkyl halides is 6. The van der Waals surface area contributed by atoms with Crippen molar-refractivity contribution >= 4 is 0 Å².